The Bertz CT molecular complexity index is 1420. The van der Waals surface area contributed by atoms with Gasteiger partial charge in [0.1, 0.15) is 6.61 Å². The number of anilines is 1. The second-order valence-corrected chi connectivity index (χ2v) is 13.7. The number of piperidine rings is 2. The second-order valence-electron chi connectivity index (χ2n) is 12.6. The van der Waals surface area contributed by atoms with Crippen molar-refractivity contribution in [3.63, 3.8) is 0 Å². The van der Waals surface area contributed by atoms with E-state index in [4.69, 9.17) is 4.74 Å². The second kappa shape index (κ2) is 15.8. The number of rotatable bonds is 11. The molecule has 0 unspecified atom stereocenters. The molecule has 0 atom stereocenters. The van der Waals surface area contributed by atoms with Crippen LogP contribution in [0, 0.1) is 0 Å². The normalized spacial score (nSPS) is 18.8. The van der Waals surface area contributed by atoms with Crippen LogP contribution in [0.5, 0.6) is 0 Å². The quantitative estimate of drug-likeness (QED) is 0.244. The Morgan fingerprint density at radius 3 is 2.31 bits per heavy atom. The first kappa shape index (κ1) is 31.7. The Balaban J connectivity index is 0.913. The van der Waals surface area contributed by atoms with E-state index in [2.05, 4.69) is 56.4 Å². The Morgan fingerprint density at radius 1 is 0.822 bits per heavy atom. The summed E-state index contributed by atoms with van der Waals surface area (Å²) >= 11 is 1.63. The van der Waals surface area contributed by atoms with E-state index in [1.54, 1.807) is 11.3 Å². The van der Waals surface area contributed by atoms with Crippen LogP contribution in [0.15, 0.2) is 72.8 Å². The van der Waals surface area contributed by atoms with Gasteiger partial charge >= 0.3 is 5.97 Å². The van der Waals surface area contributed by atoms with Crippen molar-refractivity contribution in [3.05, 3.63) is 83.9 Å². The highest BCUT2D eigenvalue weighted by Crippen LogP contribution is 2.33. The Hall–Kier alpha value is -3.30. The van der Waals surface area contributed by atoms with Crippen molar-refractivity contribution in [1.82, 2.24) is 14.7 Å². The van der Waals surface area contributed by atoms with E-state index < -0.39 is 0 Å². The molecule has 6 rings (SSSR count). The molecule has 4 heterocycles. The van der Waals surface area contributed by atoms with Gasteiger partial charge in [-0.05, 0) is 92.7 Å². The van der Waals surface area contributed by atoms with Gasteiger partial charge in [-0.3, -0.25) is 14.5 Å². The van der Waals surface area contributed by atoms with Gasteiger partial charge in [0.2, 0.25) is 5.91 Å². The smallest absolute Gasteiger partial charge is 0.320 e. The van der Waals surface area contributed by atoms with Gasteiger partial charge in [0.15, 0.2) is 0 Å². The molecule has 1 aromatic heterocycles. The molecule has 2 fully saturated rings. The molecule has 3 aliphatic heterocycles. The monoisotopic (exact) mass is 626 g/mol. The third-order valence-corrected chi connectivity index (χ3v) is 10.5. The summed E-state index contributed by atoms with van der Waals surface area (Å²) in [6, 6.07) is 23.3. The van der Waals surface area contributed by atoms with Crippen molar-refractivity contribution in [2.24, 2.45) is 0 Å². The number of amides is 1. The summed E-state index contributed by atoms with van der Waals surface area (Å²) in [4.78, 5) is 33.5. The maximum absolute atomic E-state index is 12.7. The first-order chi connectivity index (χ1) is 22.1. The number of nitrogens with zero attached hydrogens (tertiary/aromatic N) is 3. The maximum Gasteiger partial charge on any atom is 0.320 e. The molecule has 2 saturated heterocycles. The molecule has 45 heavy (non-hydrogen) atoms. The summed E-state index contributed by atoms with van der Waals surface area (Å²) in [6.45, 7) is 7.79. The van der Waals surface area contributed by atoms with Gasteiger partial charge in [-0.15, -0.1) is 11.3 Å². The first-order valence-corrected chi connectivity index (χ1v) is 17.5. The number of hydrogen-bond donors (Lipinski definition) is 1. The summed E-state index contributed by atoms with van der Waals surface area (Å²) < 4.78 is 5.45. The van der Waals surface area contributed by atoms with E-state index >= 15 is 0 Å². The van der Waals surface area contributed by atoms with Crippen LogP contribution >= 0.6 is 11.3 Å². The molecule has 7 nitrogen and oxygen atoms in total. The van der Waals surface area contributed by atoms with E-state index in [9.17, 15) is 9.59 Å². The van der Waals surface area contributed by atoms with Gasteiger partial charge in [0, 0.05) is 37.0 Å². The molecule has 0 spiro atoms. The molecule has 1 N–H and O–H groups in total. The molecular weight excluding hydrogens is 580 g/mol. The number of nitrogens with one attached hydrogen (secondary N) is 1. The van der Waals surface area contributed by atoms with Crippen LogP contribution in [0.25, 0.3) is 16.0 Å². The zero-order valence-electron chi connectivity index (χ0n) is 26.3. The number of carbonyl (C=O) groups is 2. The molecule has 0 aliphatic carbocycles. The summed E-state index contributed by atoms with van der Waals surface area (Å²) in [6.07, 6.45) is 10.2. The lowest BCUT2D eigenvalue weighted by Gasteiger charge is -2.40. The van der Waals surface area contributed by atoms with E-state index in [0.29, 0.717) is 19.6 Å². The first-order valence-electron chi connectivity index (χ1n) is 16.7. The van der Waals surface area contributed by atoms with Crippen LogP contribution in [-0.2, 0) is 20.9 Å². The fourth-order valence-electron chi connectivity index (χ4n) is 6.74. The average molecular weight is 627 g/mol. The molecule has 238 valence electrons. The Morgan fingerprint density at radius 2 is 1.58 bits per heavy atom. The molecule has 0 bridgehead atoms. The van der Waals surface area contributed by atoms with E-state index in [-0.39, 0.29) is 11.9 Å². The molecular formula is C37H46N4O3S. The third-order valence-electron chi connectivity index (χ3n) is 9.42. The maximum atomic E-state index is 12.7. The molecule has 1 amide bonds. The Labute approximate surface area is 271 Å². The molecule has 3 aromatic rings. The van der Waals surface area contributed by atoms with Crippen LogP contribution < -0.4 is 5.32 Å². The molecule has 0 radical (unpaired) electrons. The van der Waals surface area contributed by atoms with Gasteiger partial charge in [0.05, 0.1) is 11.5 Å². The third kappa shape index (κ3) is 9.13. The predicted molar refractivity (Wildman–Crippen MR) is 183 cm³/mol. The number of esters is 1. The number of likely N-dealkylation sites (tertiary alicyclic amines) is 2. The lowest BCUT2D eigenvalue weighted by atomic mass is 9.98. The number of thiophene rings is 1. The molecule has 2 aromatic carbocycles. The van der Waals surface area contributed by atoms with Crippen molar-refractivity contribution in [1.29, 1.82) is 0 Å². The van der Waals surface area contributed by atoms with Crippen molar-refractivity contribution in [2.75, 3.05) is 57.7 Å². The zero-order valence-corrected chi connectivity index (χ0v) is 27.1. The van der Waals surface area contributed by atoms with Crippen LogP contribution in [-0.4, -0.2) is 85.0 Å². The fourth-order valence-corrected chi connectivity index (χ4v) is 7.67. The van der Waals surface area contributed by atoms with Crippen molar-refractivity contribution in [2.45, 2.75) is 57.6 Å². The van der Waals surface area contributed by atoms with Gasteiger partial charge in [-0.1, -0.05) is 67.1 Å². The van der Waals surface area contributed by atoms with Crippen molar-refractivity contribution in [3.8, 4) is 10.4 Å². The standard InChI is InChI=1S/C37H46N4O3S/c42-35(19-26-39-24-17-33(18-25-39)41-20-5-2-6-21-41)38-36-14-13-34(45-36)32-11-9-30(10-12-32)31-15-22-40(23-16-31)27-37(43)44-28-29-7-3-1-4-8-29/h1,3-4,7-15,33H,2,5-6,16-28H2,(H,38,42). The predicted octanol–water partition coefficient (Wildman–Crippen LogP) is 6.53. The fraction of sp³-hybridized carbons (Fsp3) is 0.459. The summed E-state index contributed by atoms with van der Waals surface area (Å²) in [5.74, 6) is -0.0885. The van der Waals surface area contributed by atoms with E-state index in [0.717, 1.165) is 66.2 Å². The molecule has 8 heteroatoms. The molecule has 0 saturated carbocycles. The van der Waals surface area contributed by atoms with Crippen molar-refractivity contribution < 1.29 is 14.3 Å². The highest BCUT2D eigenvalue weighted by Gasteiger charge is 2.25. The Kier molecular flexibility index (Phi) is 11.1. The SMILES string of the molecule is O=C(CCN1CCC(N2CCCCC2)CC1)Nc1ccc(-c2ccc(C3=CCN(CC(=O)OCc4ccccc4)CC3)cc2)s1. The van der Waals surface area contributed by atoms with Gasteiger partial charge < -0.3 is 19.9 Å². The number of carbonyl (C=O) groups excluding carboxylic acids is 2. The minimum atomic E-state index is -0.185. The van der Waals surface area contributed by atoms with E-state index in [1.165, 1.54) is 56.3 Å². The van der Waals surface area contributed by atoms with Crippen LogP contribution in [0.1, 0.15) is 56.1 Å². The van der Waals surface area contributed by atoms with Crippen LogP contribution in [0.2, 0.25) is 0 Å². The highest BCUT2D eigenvalue weighted by atomic mass is 32.1. The lowest BCUT2D eigenvalue weighted by Crippen LogP contribution is -2.47. The highest BCUT2D eigenvalue weighted by molar-refractivity contribution is 7.19. The minimum absolute atomic E-state index is 0.0969. The summed E-state index contributed by atoms with van der Waals surface area (Å²) in [7, 11) is 0. The summed E-state index contributed by atoms with van der Waals surface area (Å²) in [5, 5.41) is 4.03. The largest absolute Gasteiger partial charge is 0.460 e. The number of benzene rings is 2. The molecule has 3 aliphatic rings. The number of ether oxygens (including phenoxy) is 1. The lowest BCUT2D eigenvalue weighted by molar-refractivity contribution is -0.146. The van der Waals surface area contributed by atoms with Crippen LogP contribution in [0.3, 0.4) is 0 Å². The number of hydrogen-bond acceptors (Lipinski definition) is 7. The van der Waals surface area contributed by atoms with Gasteiger partial charge in [0.25, 0.3) is 0 Å². The van der Waals surface area contributed by atoms with Gasteiger partial charge in [-0.2, -0.15) is 0 Å². The van der Waals surface area contributed by atoms with Crippen LogP contribution in [0.4, 0.5) is 5.00 Å². The average Bonchev–Trinajstić information content (AvgIpc) is 3.56. The minimum Gasteiger partial charge on any atom is -0.460 e. The van der Waals surface area contributed by atoms with Gasteiger partial charge in [-0.25, -0.2) is 0 Å². The van der Waals surface area contributed by atoms with Crippen molar-refractivity contribution >= 4 is 33.8 Å². The zero-order chi connectivity index (χ0) is 30.8. The topological polar surface area (TPSA) is 65.1 Å². The summed E-state index contributed by atoms with van der Waals surface area (Å²) in [5.41, 5.74) is 4.68. The van der Waals surface area contributed by atoms with E-state index in [1.807, 2.05) is 36.4 Å².